The lowest BCUT2D eigenvalue weighted by Crippen LogP contribution is -2.30. The Hall–Kier alpha value is -2.89. The van der Waals surface area contributed by atoms with E-state index in [4.69, 9.17) is 14.2 Å². The highest BCUT2D eigenvalue weighted by atomic mass is 16.6. The molecule has 1 atom stereocenters. The van der Waals surface area contributed by atoms with Gasteiger partial charge in [-0.3, -0.25) is 14.4 Å². The minimum absolute atomic E-state index is 0.0828. The van der Waals surface area contributed by atoms with Gasteiger partial charge in [-0.1, -0.05) is 223 Å². The summed E-state index contributed by atoms with van der Waals surface area (Å²) in [6.07, 6.45) is 64.8. The van der Waals surface area contributed by atoms with Crippen molar-refractivity contribution in [2.75, 3.05) is 13.2 Å². The van der Waals surface area contributed by atoms with Gasteiger partial charge in [-0.05, 0) is 89.9 Å². The molecule has 0 N–H and O–H groups in total. The summed E-state index contributed by atoms with van der Waals surface area (Å²) in [7, 11) is 0. The zero-order valence-electron chi connectivity index (χ0n) is 42.3. The van der Waals surface area contributed by atoms with E-state index in [9.17, 15) is 14.4 Å². The molecule has 0 saturated carbocycles. The van der Waals surface area contributed by atoms with E-state index in [0.29, 0.717) is 19.3 Å². The predicted molar refractivity (Wildman–Crippen MR) is 275 cm³/mol. The number of unbranched alkanes of at least 4 members (excludes halogenated alkanes) is 28. The van der Waals surface area contributed by atoms with Gasteiger partial charge >= 0.3 is 17.9 Å². The number of carbonyl (C=O) groups is 3. The van der Waals surface area contributed by atoms with Gasteiger partial charge in [0, 0.05) is 19.3 Å². The molecule has 0 aliphatic rings. The highest BCUT2D eigenvalue weighted by Crippen LogP contribution is 2.15. The van der Waals surface area contributed by atoms with Gasteiger partial charge in [0.25, 0.3) is 0 Å². The fourth-order valence-electron chi connectivity index (χ4n) is 7.60. The summed E-state index contributed by atoms with van der Waals surface area (Å²) >= 11 is 0. The van der Waals surface area contributed by atoms with E-state index in [1.807, 2.05) is 0 Å². The van der Waals surface area contributed by atoms with Gasteiger partial charge < -0.3 is 14.2 Å². The molecule has 6 heteroatoms. The highest BCUT2D eigenvalue weighted by molar-refractivity contribution is 5.71. The summed E-state index contributed by atoms with van der Waals surface area (Å²) < 4.78 is 16.8. The van der Waals surface area contributed by atoms with Gasteiger partial charge in [0.1, 0.15) is 13.2 Å². The third kappa shape index (κ3) is 50.1. The van der Waals surface area contributed by atoms with Crippen LogP contribution in [0, 0.1) is 0 Å². The molecule has 0 saturated heterocycles. The molecule has 0 bridgehead atoms. The van der Waals surface area contributed by atoms with E-state index in [1.54, 1.807) is 0 Å². The first kappa shape index (κ1) is 61.1. The average Bonchev–Trinajstić information content (AvgIpc) is 3.29. The number of allylic oxidation sites excluding steroid dienone is 10. The quantitative estimate of drug-likeness (QED) is 0.0262. The summed E-state index contributed by atoms with van der Waals surface area (Å²) in [6, 6.07) is 0. The Morgan fingerprint density at radius 3 is 0.906 bits per heavy atom. The van der Waals surface area contributed by atoms with Gasteiger partial charge in [0.05, 0.1) is 0 Å². The Kier molecular flexibility index (Phi) is 50.4. The van der Waals surface area contributed by atoms with Crippen LogP contribution in [0.2, 0.25) is 0 Å². The topological polar surface area (TPSA) is 78.9 Å². The van der Waals surface area contributed by atoms with Crippen molar-refractivity contribution in [1.29, 1.82) is 0 Å². The summed E-state index contributed by atoms with van der Waals surface area (Å²) in [6.45, 7) is 6.57. The lowest BCUT2D eigenvalue weighted by molar-refractivity contribution is -0.167. The number of rotatable bonds is 49. The summed E-state index contributed by atoms with van der Waals surface area (Å²) in [4.78, 5) is 38.0. The molecular weight excluding hydrogens is 793 g/mol. The van der Waals surface area contributed by atoms with Crippen molar-refractivity contribution in [1.82, 2.24) is 0 Å². The minimum Gasteiger partial charge on any atom is -0.462 e. The van der Waals surface area contributed by atoms with Crippen LogP contribution in [0.1, 0.15) is 271 Å². The Bertz CT molecular complexity index is 1170. The number of hydrogen-bond acceptors (Lipinski definition) is 6. The van der Waals surface area contributed by atoms with Gasteiger partial charge in [-0.15, -0.1) is 0 Å². The van der Waals surface area contributed by atoms with Crippen molar-refractivity contribution in [3.8, 4) is 0 Å². The Balaban J connectivity index is 4.41. The molecule has 0 aliphatic heterocycles. The summed E-state index contributed by atoms with van der Waals surface area (Å²) in [5, 5.41) is 0. The lowest BCUT2D eigenvalue weighted by atomic mass is 10.0. The molecule has 370 valence electrons. The molecule has 0 fully saturated rings. The molecule has 0 radical (unpaired) electrons. The van der Waals surface area contributed by atoms with Crippen molar-refractivity contribution in [3.05, 3.63) is 60.8 Å². The maximum Gasteiger partial charge on any atom is 0.306 e. The van der Waals surface area contributed by atoms with Crippen molar-refractivity contribution >= 4 is 17.9 Å². The third-order valence-corrected chi connectivity index (χ3v) is 11.7. The SMILES string of the molecule is CCCCC/C=C\C/C=C\C/C=C\CCCCCCC(=O)OC[C@H](COC(=O)CCCCCCCCCCCCCC)OC(=O)CCCCCCCCC/C=C\C/C=C\CCCCC. The van der Waals surface area contributed by atoms with E-state index < -0.39 is 6.10 Å². The van der Waals surface area contributed by atoms with E-state index in [0.717, 1.165) is 96.3 Å². The molecular formula is C58H102O6. The van der Waals surface area contributed by atoms with Crippen molar-refractivity contribution in [2.24, 2.45) is 0 Å². The van der Waals surface area contributed by atoms with Gasteiger partial charge in [0.2, 0.25) is 0 Å². The smallest absolute Gasteiger partial charge is 0.306 e. The van der Waals surface area contributed by atoms with Crippen LogP contribution in [0.15, 0.2) is 60.8 Å². The second kappa shape index (κ2) is 52.7. The molecule has 0 spiro atoms. The molecule has 0 aromatic heterocycles. The first-order valence-electron chi connectivity index (χ1n) is 27.3. The van der Waals surface area contributed by atoms with Gasteiger partial charge in [-0.25, -0.2) is 0 Å². The zero-order chi connectivity index (χ0) is 46.5. The second-order valence-corrected chi connectivity index (χ2v) is 18.1. The van der Waals surface area contributed by atoms with E-state index >= 15 is 0 Å². The fourth-order valence-corrected chi connectivity index (χ4v) is 7.60. The Morgan fingerprint density at radius 1 is 0.312 bits per heavy atom. The van der Waals surface area contributed by atoms with Crippen LogP contribution in [0.5, 0.6) is 0 Å². The first-order valence-corrected chi connectivity index (χ1v) is 27.3. The van der Waals surface area contributed by atoms with Crippen LogP contribution in [-0.2, 0) is 28.6 Å². The van der Waals surface area contributed by atoms with Crippen LogP contribution in [-0.4, -0.2) is 37.2 Å². The van der Waals surface area contributed by atoms with Crippen LogP contribution in [0.3, 0.4) is 0 Å². The van der Waals surface area contributed by atoms with Crippen LogP contribution in [0.25, 0.3) is 0 Å². The number of carbonyl (C=O) groups excluding carboxylic acids is 3. The van der Waals surface area contributed by atoms with Crippen molar-refractivity contribution in [3.63, 3.8) is 0 Å². The van der Waals surface area contributed by atoms with Crippen molar-refractivity contribution < 1.29 is 28.6 Å². The van der Waals surface area contributed by atoms with E-state index in [2.05, 4.69) is 81.5 Å². The molecule has 6 nitrogen and oxygen atoms in total. The monoisotopic (exact) mass is 895 g/mol. The molecule has 0 aromatic carbocycles. The Labute approximate surface area is 396 Å². The fraction of sp³-hybridized carbons (Fsp3) is 0.776. The zero-order valence-corrected chi connectivity index (χ0v) is 42.3. The van der Waals surface area contributed by atoms with Gasteiger partial charge in [0.15, 0.2) is 6.10 Å². The molecule has 0 amide bonds. The molecule has 0 aromatic rings. The molecule has 64 heavy (non-hydrogen) atoms. The maximum atomic E-state index is 12.8. The lowest BCUT2D eigenvalue weighted by Gasteiger charge is -2.18. The summed E-state index contributed by atoms with van der Waals surface area (Å²) in [5.74, 6) is -0.906. The van der Waals surface area contributed by atoms with Crippen LogP contribution >= 0.6 is 0 Å². The number of hydrogen-bond donors (Lipinski definition) is 0. The molecule has 0 heterocycles. The van der Waals surface area contributed by atoms with E-state index in [-0.39, 0.29) is 31.1 Å². The molecule has 0 unspecified atom stereocenters. The standard InChI is InChI=1S/C58H102O6/c1-4-7-10-13-16-19-22-25-27-29-31-33-36-39-42-45-48-51-57(60)63-54-55(53-62-56(59)50-47-44-41-38-35-24-21-18-15-12-9-6-3)64-58(61)52-49-46-43-40-37-34-32-30-28-26-23-20-17-14-11-8-5-2/h16-17,19-20,25-28,31,33,55H,4-15,18,21-24,29-30,32,34-54H2,1-3H3/b19-16-,20-17-,27-25-,28-26-,33-31-/t55-/m0/s1. The summed E-state index contributed by atoms with van der Waals surface area (Å²) in [5.41, 5.74) is 0. The minimum atomic E-state index is -0.785. The Morgan fingerprint density at radius 2 is 0.562 bits per heavy atom. The number of ether oxygens (including phenoxy) is 3. The van der Waals surface area contributed by atoms with Gasteiger partial charge in [-0.2, -0.15) is 0 Å². The average molecular weight is 895 g/mol. The highest BCUT2D eigenvalue weighted by Gasteiger charge is 2.19. The van der Waals surface area contributed by atoms with Crippen LogP contribution in [0.4, 0.5) is 0 Å². The molecule has 0 rings (SSSR count). The normalized spacial score (nSPS) is 12.5. The largest absolute Gasteiger partial charge is 0.462 e. The third-order valence-electron chi connectivity index (χ3n) is 11.7. The van der Waals surface area contributed by atoms with Crippen molar-refractivity contribution in [2.45, 2.75) is 277 Å². The second-order valence-electron chi connectivity index (χ2n) is 18.1. The first-order chi connectivity index (χ1) is 31.5. The maximum absolute atomic E-state index is 12.8. The number of esters is 3. The van der Waals surface area contributed by atoms with Crippen LogP contribution < -0.4 is 0 Å². The predicted octanol–water partition coefficient (Wildman–Crippen LogP) is 18.0. The van der Waals surface area contributed by atoms with E-state index in [1.165, 1.54) is 135 Å². The molecule has 0 aliphatic carbocycles.